The Kier molecular flexibility index (Phi) is 17.9. The summed E-state index contributed by atoms with van der Waals surface area (Å²) in [6.07, 6.45) is 13.6. The number of allylic oxidation sites excluding steroid dienone is 2. The summed E-state index contributed by atoms with van der Waals surface area (Å²) in [6, 6.07) is 12.2. The lowest BCUT2D eigenvalue weighted by Gasteiger charge is -2.26. The summed E-state index contributed by atoms with van der Waals surface area (Å²) in [7, 11) is 0.413. The van der Waals surface area contributed by atoms with E-state index in [1.54, 1.807) is 30.3 Å². The number of ether oxygens (including phenoxy) is 1. The third-order valence-corrected chi connectivity index (χ3v) is 10.6. The molecule has 0 saturated heterocycles. The molecule has 0 aromatic heterocycles. The maximum atomic E-state index is 13.0. The molecular formula is C35H48ClN4O7PS. The molecule has 1 saturated carbocycles. The minimum Gasteiger partial charge on any atom is -0.492 e. The number of nitrogens with two attached hydrogens (primary N) is 1. The van der Waals surface area contributed by atoms with E-state index in [4.69, 9.17) is 31.1 Å². The van der Waals surface area contributed by atoms with Gasteiger partial charge in [0, 0.05) is 23.4 Å². The van der Waals surface area contributed by atoms with Crippen LogP contribution in [0.5, 0.6) is 11.5 Å². The van der Waals surface area contributed by atoms with E-state index in [9.17, 15) is 19.7 Å². The number of primary amides is 1. The second kappa shape index (κ2) is 21.8. The van der Waals surface area contributed by atoms with Crippen molar-refractivity contribution < 1.29 is 28.3 Å². The summed E-state index contributed by atoms with van der Waals surface area (Å²) >= 11 is 7.30. The number of thioether (sulfide) groups is 1. The number of nitrogens with zero attached hydrogens (tertiary/aromatic N) is 2. The molecule has 14 heteroatoms. The summed E-state index contributed by atoms with van der Waals surface area (Å²) in [5.74, 6) is 1.38. The number of nitrogens with one attached hydrogen (secondary N) is 1. The van der Waals surface area contributed by atoms with E-state index in [1.807, 2.05) is 43.1 Å². The number of unbranched alkanes of at least 4 members (excludes halogenated alkanes) is 1. The first kappa shape index (κ1) is 40.3. The fourth-order valence-corrected chi connectivity index (χ4v) is 7.16. The van der Waals surface area contributed by atoms with Gasteiger partial charge in [0.15, 0.2) is 0 Å². The standard InChI is InChI=1S/C35H48ClN4O7PS/c1-26(29-15-18-33(32(23-29)35(37)42)45-24-28-10-5-4-6-11-28)38-34(41)22-27-13-16-30(17-14-27)47-48(39(2)20-8-7-19-36)46-25-31(49-3)12-9-21-40(43)44/h9,12-18,21,23,26,28H,4-8,10-11,19-20,22,24-25H2,1-3H3,(H2,37,42)(H,38,41)/b21-9+,31-12-. The molecule has 2 aromatic rings. The molecule has 3 N–H and O–H groups in total. The number of carbonyl (C=O) groups is 2. The smallest absolute Gasteiger partial charge is 0.321 e. The van der Waals surface area contributed by atoms with E-state index in [1.165, 1.54) is 37.1 Å². The molecule has 0 aliphatic heterocycles. The van der Waals surface area contributed by atoms with Gasteiger partial charge in [-0.3, -0.25) is 19.7 Å². The van der Waals surface area contributed by atoms with Gasteiger partial charge in [0.05, 0.1) is 36.2 Å². The average Bonchev–Trinajstić information content (AvgIpc) is 3.09. The fourth-order valence-electron chi connectivity index (χ4n) is 5.24. The van der Waals surface area contributed by atoms with Crippen LogP contribution in [0, 0.1) is 16.0 Å². The number of hydrogen-bond donors (Lipinski definition) is 2. The first-order valence-corrected chi connectivity index (χ1v) is 19.4. The predicted octanol–water partition coefficient (Wildman–Crippen LogP) is 7.77. The molecule has 2 unspecified atom stereocenters. The van der Waals surface area contributed by atoms with Gasteiger partial charge in [-0.15, -0.1) is 23.4 Å². The highest BCUT2D eigenvalue weighted by Crippen LogP contribution is 2.43. The van der Waals surface area contributed by atoms with Crippen LogP contribution in [0.1, 0.15) is 79.4 Å². The lowest BCUT2D eigenvalue weighted by molar-refractivity contribution is -0.402. The van der Waals surface area contributed by atoms with Gasteiger partial charge in [0.2, 0.25) is 12.1 Å². The van der Waals surface area contributed by atoms with Gasteiger partial charge in [-0.25, -0.2) is 4.67 Å². The second-order valence-corrected chi connectivity index (χ2v) is 14.8. The van der Waals surface area contributed by atoms with Gasteiger partial charge >= 0.3 is 8.53 Å². The lowest BCUT2D eigenvalue weighted by atomic mass is 9.90. The zero-order valence-electron chi connectivity index (χ0n) is 28.5. The summed E-state index contributed by atoms with van der Waals surface area (Å²) < 4.78 is 20.4. The largest absolute Gasteiger partial charge is 0.492 e. The van der Waals surface area contributed by atoms with Crippen LogP contribution in [-0.2, 0) is 15.7 Å². The van der Waals surface area contributed by atoms with Crippen molar-refractivity contribution in [3.8, 4) is 11.5 Å². The minimum atomic E-state index is -1.50. The van der Waals surface area contributed by atoms with E-state index >= 15 is 0 Å². The molecule has 3 rings (SSSR count). The predicted molar refractivity (Wildman–Crippen MR) is 198 cm³/mol. The van der Waals surface area contributed by atoms with Gasteiger partial charge in [-0.2, -0.15) is 0 Å². The van der Waals surface area contributed by atoms with Crippen molar-refractivity contribution >= 4 is 43.7 Å². The average molecular weight is 735 g/mol. The third kappa shape index (κ3) is 14.7. The Bertz CT molecular complexity index is 1420. The van der Waals surface area contributed by atoms with Gasteiger partial charge in [0.1, 0.15) is 11.5 Å². The zero-order chi connectivity index (χ0) is 35.6. The first-order valence-electron chi connectivity index (χ1n) is 16.5. The van der Waals surface area contributed by atoms with Crippen LogP contribution in [0.25, 0.3) is 0 Å². The highest BCUT2D eigenvalue weighted by molar-refractivity contribution is 8.02. The normalized spacial score (nSPS) is 15.2. The Morgan fingerprint density at radius 3 is 2.57 bits per heavy atom. The van der Waals surface area contributed by atoms with Gasteiger partial charge < -0.3 is 24.8 Å². The van der Waals surface area contributed by atoms with Gasteiger partial charge in [-0.05, 0) is 93.3 Å². The maximum absolute atomic E-state index is 13.0. The molecule has 2 amide bonds. The molecule has 11 nitrogen and oxygen atoms in total. The summed E-state index contributed by atoms with van der Waals surface area (Å²) in [6.45, 7) is 3.37. The number of carbonyl (C=O) groups excluding carboxylic acids is 2. The monoisotopic (exact) mass is 734 g/mol. The van der Waals surface area contributed by atoms with Crippen molar-refractivity contribution in [3.05, 3.63) is 92.5 Å². The van der Waals surface area contributed by atoms with Crippen molar-refractivity contribution in [3.63, 3.8) is 0 Å². The molecule has 0 heterocycles. The minimum absolute atomic E-state index is 0.152. The van der Waals surface area contributed by atoms with Crippen molar-refractivity contribution in [1.29, 1.82) is 0 Å². The molecule has 268 valence electrons. The van der Waals surface area contributed by atoms with E-state index in [0.717, 1.165) is 47.9 Å². The number of hydrogen-bond acceptors (Lipinski definition) is 9. The third-order valence-electron chi connectivity index (χ3n) is 8.03. The summed E-state index contributed by atoms with van der Waals surface area (Å²) in [5.41, 5.74) is 7.55. The van der Waals surface area contributed by atoms with Crippen molar-refractivity contribution in [2.75, 3.05) is 38.9 Å². The van der Waals surface area contributed by atoms with E-state index in [0.29, 0.717) is 42.0 Å². The van der Waals surface area contributed by atoms with Crippen molar-refractivity contribution in [1.82, 2.24) is 9.99 Å². The molecular weight excluding hydrogens is 687 g/mol. The van der Waals surface area contributed by atoms with Crippen LogP contribution in [0.3, 0.4) is 0 Å². The van der Waals surface area contributed by atoms with Crippen LogP contribution < -0.4 is 20.3 Å². The number of benzene rings is 2. The summed E-state index contributed by atoms with van der Waals surface area (Å²) in [4.78, 5) is 36.1. The molecule has 0 radical (unpaired) electrons. The van der Waals surface area contributed by atoms with Crippen molar-refractivity contribution in [2.45, 2.75) is 64.3 Å². The fraction of sp³-hybridized carbons (Fsp3) is 0.486. The maximum Gasteiger partial charge on any atom is 0.321 e. The zero-order valence-corrected chi connectivity index (χ0v) is 30.9. The SMILES string of the molecule is CS/C(=C\C=C\[N+](=O)[O-])COP(Oc1ccc(CC(=O)NC(C)c2ccc(OCC3CCCCC3)c(C(N)=O)c2)cc1)N(C)CCCCCl. The number of halogens is 1. The Hall–Kier alpha value is -3.15. The Morgan fingerprint density at radius 2 is 1.92 bits per heavy atom. The Labute approximate surface area is 300 Å². The van der Waals surface area contributed by atoms with Crippen LogP contribution >= 0.6 is 31.9 Å². The molecule has 1 aliphatic carbocycles. The second-order valence-electron chi connectivity index (χ2n) is 11.9. The molecule has 1 fully saturated rings. The number of amides is 2. The highest BCUT2D eigenvalue weighted by atomic mass is 35.5. The topological polar surface area (TPSA) is 146 Å². The molecule has 2 atom stereocenters. The van der Waals surface area contributed by atoms with Crippen LogP contribution in [-0.4, -0.2) is 60.4 Å². The van der Waals surface area contributed by atoms with Crippen LogP contribution in [0.15, 0.2) is 65.7 Å². The first-order chi connectivity index (χ1) is 23.6. The summed E-state index contributed by atoms with van der Waals surface area (Å²) in [5, 5.41) is 13.6. The number of rotatable bonds is 21. The van der Waals surface area contributed by atoms with E-state index in [2.05, 4.69) is 5.32 Å². The Morgan fingerprint density at radius 1 is 1.18 bits per heavy atom. The molecule has 1 aliphatic rings. The molecule has 0 spiro atoms. The van der Waals surface area contributed by atoms with E-state index < -0.39 is 19.4 Å². The van der Waals surface area contributed by atoms with Crippen LogP contribution in [0.2, 0.25) is 0 Å². The number of nitro groups is 1. The molecule has 2 aromatic carbocycles. The van der Waals surface area contributed by atoms with Crippen LogP contribution in [0.4, 0.5) is 0 Å². The highest BCUT2D eigenvalue weighted by Gasteiger charge is 2.21. The van der Waals surface area contributed by atoms with Gasteiger partial charge in [-0.1, -0.05) is 37.5 Å². The quantitative estimate of drug-likeness (QED) is 0.0328. The Balaban J connectivity index is 1.59. The lowest BCUT2D eigenvalue weighted by Crippen LogP contribution is -2.28. The number of alkyl halides is 1. The van der Waals surface area contributed by atoms with E-state index in [-0.39, 0.29) is 25.0 Å². The van der Waals surface area contributed by atoms with Crippen molar-refractivity contribution in [2.24, 2.45) is 11.7 Å². The molecule has 49 heavy (non-hydrogen) atoms. The van der Waals surface area contributed by atoms with Gasteiger partial charge in [0.25, 0.3) is 5.91 Å². The molecule has 0 bridgehead atoms.